The van der Waals surface area contributed by atoms with E-state index in [1.807, 2.05) is 0 Å². The molecule has 160 valence electrons. The van der Waals surface area contributed by atoms with Gasteiger partial charge in [-0.25, -0.2) is 4.57 Å². The van der Waals surface area contributed by atoms with Crippen LogP contribution in [0.2, 0.25) is 0 Å². The minimum atomic E-state index is -4.48. The number of carbonyl (C=O) groups is 1. The molecule has 0 aliphatic carbocycles. The van der Waals surface area contributed by atoms with Gasteiger partial charge in [0.25, 0.3) is 0 Å². The van der Waals surface area contributed by atoms with Crippen molar-refractivity contribution in [3.8, 4) is 0 Å². The van der Waals surface area contributed by atoms with Crippen LogP contribution in [0.5, 0.6) is 0 Å². The zero-order chi connectivity index (χ0) is 20.2. The van der Waals surface area contributed by atoms with Crippen molar-refractivity contribution in [2.45, 2.75) is 96.8 Å². The van der Waals surface area contributed by atoms with E-state index in [4.69, 9.17) is 14.5 Å². The van der Waals surface area contributed by atoms with Crippen LogP contribution in [-0.2, 0) is 18.6 Å². The third-order valence-corrected chi connectivity index (χ3v) is 4.77. The van der Waals surface area contributed by atoms with E-state index in [0.29, 0.717) is 6.42 Å². The molecular formula is C20H39O6P. The number of esters is 1. The molecule has 0 aliphatic heterocycles. The summed E-state index contributed by atoms with van der Waals surface area (Å²) in [6.07, 6.45) is 20.6. The predicted octanol–water partition coefficient (Wildman–Crippen LogP) is 5.68. The molecule has 0 rings (SSSR count). The van der Waals surface area contributed by atoms with Gasteiger partial charge in [-0.05, 0) is 32.1 Å². The first kappa shape index (κ1) is 26.3. The number of carbonyl (C=O) groups excluding carboxylic acids is 1. The Labute approximate surface area is 165 Å². The Kier molecular flexibility index (Phi) is 18.2. The molecule has 0 saturated heterocycles. The Morgan fingerprint density at radius 1 is 0.815 bits per heavy atom. The highest BCUT2D eigenvalue weighted by Gasteiger charge is 2.13. The monoisotopic (exact) mass is 406 g/mol. The maximum Gasteiger partial charge on any atom is 0.469 e. The summed E-state index contributed by atoms with van der Waals surface area (Å²) in [5, 5.41) is 0. The zero-order valence-corrected chi connectivity index (χ0v) is 17.8. The van der Waals surface area contributed by atoms with Crippen molar-refractivity contribution in [1.82, 2.24) is 0 Å². The average Bonchev–Trinajstić information content (AvgIpc) is 2.61. The minimum absolute atomic E-state index is 0.130. The van der Waals surface area contributed by atoms with Crippen molar-refractivity contribution in [2.24, 2.45) is 0 Å². The van der Waals surface area contributed by atoms with Gasteiger partial charge >= 0.3 is 13.8 Å². The van der Waals surface area contributed by atoms with E-state index in [9.17, 15) is 9.36 Å². The van der Waals surface area contributed by atoms with Gasteiger partial charge < -0.3 is 14.5 Å². The Balaban J connectivity index is 3.27. The fourth-order valence-corrected chi connectivity index (χ4v) is 3.04. The van der Waals surface area contributed by atoms with Crippen molar-refractivity contribution in [3.63, 3.8) is 0 Å². The summed E-state index contributed by atoms with van der Waals surface area (Å²) in [7, 11) is -4.48. The maximum atomic E-state index is 11.4. The molecular weight excluding hydrogens is 367 g/mol. The summed E-state index contributed by atoms with van der Waals surface area (Å²) < 4.78 is 19.5. The van der Waals surface area contributed by atoms with Gasteiger partial charge in [0, 0.05) is 6.42 Å². The topological polar surface area (TPSA) is 93.1 Å². The molecule has 7 heteroatoms. The van der Waals surface area contributed by atoms with E-state index in [-0.39, 0.29) is 19.2 Å². The average molecular weight is 407 g/mol. The third kappa shape index (κ3) is 23.3. The molecule has 0 radical (unpaired) electrons. The molecule has 0 aromatic rings. The fourth-order valence-electron chi connectivity index (χ4n) is 2.72. The minimum Gasteiger partial charge on any atom is -0.463 e. The maximum absolute atomic E-state index is 11.4. The highest BCUT2D eigenvalue weighted by Crippen LogP contribution is 2.35. The molecule has 2 N–H and O–H groups in total. The zero-order valence-electron chi connectivity index (χ0n) is 16.9. The molecule has 0 spiro atoms. The number of phosphoric acid groups is 1. The normalized spacial score (nSPS) is 12.0. The van der Waals surface area contributed by atoms with Crippen molar-refractivity contribution in [3.05, 3.63) is 12.2 Å². The van der Waals surface area contributed by atoms with Gasteiger partial charge in [-0.3, -0.25) is 9.32 Å². The second kappa shape index (κ2) is 18.7. The Bertz CT molecular complexity index is 419. The summed E-state index contributed by atoms with van der Waals surface area (Å²) in [6.45, 7) is 1.83. The van der Waals surface area contributed by atoms with Gasteiger partial charge in [0.15, 0.2) is 0 Å². The van der Waals surface area contributed by atoms with Crippen LogP contribution < -0.4 is 0 Å². The Morgan fingerprint density at radius 3 is 1.89 bits per heavy atom. The van der Waals surface area contributed by atoms with E-state index in [1.54, 1.807) is 0 Å². The third-order valence-electron chi connectivity index (χ3n) is 4.25. The molecule has 0 aromatic heterocycles. The lowest BCUT2D eigenvalue weighted by Crippen LogP contribution is -2.09. The molecule has 0 bridgehead atoms. The molecule has 6 nitrogen and oxygen atoms in total. The number of phosphoric ester groups is 1. The van der Waals surface area contributed by atoms with Crippen LogP contribution >= 0.6 is 7.82 Å². The van der Waals surface area contributed by atoms with E-state index >= 15 is 0 Å². The van der Waals surface area contributed by atoms with Crippen LogP contribution in [-0.4, -0.2) is 29.0 Å². The number of hydrogen-bond acceptors (Lipinski definition) is 4. The van der Waals surface area contributed by atoms with Gasteiger partial charge in [-0.1, -0.05) is 70.4 Å². The van der Waals surface area contributed by atoms with Gasteiger partial charge in [0.05, 0.1) is 6.61 Å². The summed E-state index contributed by atoms with van der Waals surface area (Å²) >= 11 is 0. The van der Waals surface area contributed by atoms with Crippen LogP contribution in [0.25, 0.3) is 0 Å². The van der Waals surface area contributed by atoms with Crippen LogP contribution in [0.1, 0.15) is 96.8 Å². The van der Waals surface area contributed by atoms with E-state index < -0.39 is 7.82 Å². The molecule has 0 aliphatic rings. The second-order valence-electron chi connectivity index (χ2n) is 6.88. The Morgan fingerprint density at radius 2 is 1.33 bits per heavy atom. The summed E-state index contributed by atoms with van der Waals surface area (Å²) in [5.41, 5.74) is 0. The van der Waals surface area contributed by atoms with Crippen LogP contribution in [0, 0.1) is 0 Å². The number of ether oxygens (including phenoxy) is 1. The van der Waals surface area contributed by atoms with Gasteiger partial charge in [-0.2, -0.15) is 0 Å². The first-order valence-electron chi connectivity index (χ1n) is 10.5. The number of rotatable bonds is 19. The highest BCUT2D eigenvalue weighted by atomic mass is 31.2. The number of allylic oxidation sites excluding steroid dienone is 2. The van der Waals surface area contributed by atoms with Crippen LogP contribution in [0.4, 0.5) is 0 Å². The Hall–Kier alpha value is -0.680. The van der Waals surface area contributed by atoms with Crippen LogP contribution in [0.3, 0.4) is 0 Å². The molecule has 0 heterocycles. The molecule has 0 aromatic carbocycles. The van der Waals surface area contributed by atoms with E-state index in [1.165, 1.54) is 57.8 Å². The first-order valence-corrected chi connectivity index (χ1v) is 12.0. The predicted molar refractivity (Wildman–Crippen MR) is 108 cm³/mol. The summed E-state index contributed by atoms with van der Waals surface area (Å²) in [4.78, 5) is 28.4. The van der Waals surface area contributed by atoms with Gasteiger partial charge in [0.2, 0.25) is 0 Å². The lowest BCUT2D eigenvalue weighted by atomic mass is 10.1. The van der Waals surface area contributed by atoms with Crippen molar-refractivity contribution < 1.29 is 28.4 Å². The highest BCUT2D eigenvalue weighted by molar-refractivity contribution is 7.46. The fraction of sp³-hybridized carbons (Fsp3) is 0.850. The molecule has 0 amide bonds. The number of hydrogen-bond donors (Lipinski definition) is 2. The van der Waals surface area contributed by atoms with Crippen LogP contribution in [0.15, 0.2) is 12.2 Å². The van der Waals surface area contributed by atoms with Crippen molar-refractivity contribution >= 4 is 13.8 Å². The smallest absolute Gasteiger partial charge is 0.463 e. The van der Waals surface area contributed by atoms with Gasteiger partial charge in [-0.15, -0.1) is 0 Å². The number of unbranched alkanes of at least 4 members (excludes halogenated alkanes) is 11. The SMILES string of the molecule is CCCCCCCC/C=C\CCCCCCCC(=O)OCCOP(=O)(O)O. The quantitative estimate of drug-likeness (QED) is 0.124. The summed E-state index contributed by atoms with van der Waals surface area (Å²) in [6, 6.07) is 0. The second-order valence-corrected chi connectivity index (χ2v) is 8.12. The van der Waals surface area contributed by atoms with E-state index in [0.717, 1.165) is 25.7 Å². The summed E-state index contributed by atoms with van der Waals surface area (Å²) in [5.74, 6) is -0.345. The molecule has 0 atom stereocenters. The van der Waals surface area contributed by atoms with Gasteiger partial charge in [0.1, 0.15) is 6.61 Å². The molecule has 0 unspecified atom stereocenters. The van der Waals surface area contributed by atoms with E-state index in [2.05, 4.69) is 23.6 Å². The molecule has 0 fully saturated rings. The lowest BCUT2D eigenvalue weighted by Gasteiger charge is -2.06. The lowest BCUT2D eigenvalue weighted by molar-refractivity contribution is -0.144. The largest absolute Gasteiger partial charge is 0.469 e. The molecule has 0 saturated carbocycles. The molecule has 27 heavy (non-hydrogen) atoms. The van der Waals surface area contributed by atoms with Crippen molar-refractivity contribution in [2.75, 3.05) is 13.2 Å². The standard InChI is InChI=1S/C20H39O6P/c1-2-3-4-5-6-7-8-9-10-11-12-13-14-15-16-17-20(21)25-18-19-26-27(22,23)24/h9-10H,2-8,11-19H2,1H3,(H2,22,23,24)/b10-9-. The first-order chi connectivity index (χ1) is 13.0. The van der Waals surface area contributed by atoms with Crippen molar-refractivity contribution in [1.29, 1.82) is 0 Å².